The number of piperazine rings is 1. The molecule has 0 saturated carbocycles. The van der Waals surface area contributed by atoms with Crippen molar-refractivity contribution in [1.82, 2.24) is 15.1 Å². The van der Waals surface area contributed by atoms with Crippen LogP contribution in [-0.2, 0) is 11.2 Å². The molecule has 2 aromatic carbocycles. The van der Waals surface area contributed by atoms with Crippen LogP contribution in [0.25, 0.3) is 0 Å². The minimum absolute atomic E-state index is 0. The first kappa shape index (κ1) is 22.6. The molecule has 1 N–H and O–H groups in total. The van der Waals surface area contributed by atoms with E-state index in [0.717, 1.165) is 63.4 Å². The Kier molecular flexibility index (Phi) is 8.14. The fraction of sp³-hybridized carbons (Fsp3) is 0.458. The lowest BCUT2D eigenvalue weighted by Gasteiger charge is -2.32. The lowest BCUT2D eigenvalue weighted by molar-refractivity contribution is -0.137. The van der Waals surface area contributed by atoms with E-state index in [1.54, 1.807) is 0 Å². The Balaban J connectivity index is 0.00000256. The van der Waals surface area contributed by atoms with Crippen LogP contribution in [0.3, 0.4) is 0 Å². The van der Waals surface area contributed by atoms with E-state index in [4.69, 9.17) is 4.74 Å². The highest BCUT2D eigenvalue weighted by molar-refractivity contribution is 5.85. The number of hydrogen-bond donors (Lipinski definition) is 1. The molecular weight excluding hydrogens is 398 g/mol. The highest BCUT2D eigenvalue weighted by Crippen LogP contribution is 2.24. The second-order valence-electron chi connectivity index (χ2n) is 8.04. The predicted octanol–water partition coefficient (Wildman–Crippen LogP) is 2.97. The Morgan fingerprint density at radius 2 is 1.77 bits per heavy atom. The lowest BCUT2D eigenvalue weighted by atomic mass is 10.0. The molecule has 2 heterocycles. The van der Waals surface area contributed by atoms with Gasteiger partial charge < -0.3 is 15.0 Å². The second-order valence-corrected chi connectivity index (χ2v) is 8.04. The zero-order chi connectivity index (χ0) is 20.1. The van der Waals surface area contributed by atoms with Crippen molar-refractivity contribution >= 4 is 18.3 Å². The van der Waals surface area contributed by atoms with Crippen LogP contribution in [-0.4, -0.2) is 67.1 Å². The van der Waals surface area contributed by atoms with Crippen molar-refractivity contribution in [3.63, 3.8) is 0 Å². The highest BCUT2D eigenvalue weighted by Gasteiger charge is 2.33. The number of carbonyl (C=O) groups excluding carboxylic acids is 1. The molecule has 1 amide bonds. The zero-order valence-electron chi connectivity index (χ0n) is 17.6. The van der Waals surface area contributed by atoms with Gasteiger partial charge in [0.25, 0.3) is 5.91 Å². The summed E-state index contributed by atoms with van der Waals surface area (Å²) in [5.41, 5.74) is 2.35. The normalized spacial score (nSPS) is 20.4. The van der Waals surface area contributed by atoms with Gasteiger partial charge in [0, 0.05) is 51.7 Å². The Labute approximate surface area is 185 Å². The van der Waals surface area contributed by atoms with Crippen molar-refractivity contribution in [1.29, 1.82) is 0 Å². The van der Waals surface area contributed by atoms with Gasteiger partial charge in [0.05, 0.1) is 0 Å². The number of halogens is 1. The van der Waals surface area contributed by atoms with E-state index in [-0.39, 0.29) is 18.3 Å². The summed E-state index contributed by atoms with van der Waals surface area (Å²) >= 11 is 0. The number of amides is 1. The number of carbonyl (C=O) groups is 1. The van der Waals surface area contributed by atoms with Crippen LogP contribution in [0.5, 0.6) is 5.75 Å². The summed E-state index contributed by atoms with van der Waals surface area (Å²) in [5.74, 6) is 0.896. The van der Waals surface area contributed by atoms with E-state index in [9.17, 15) is 4.79 Å². The van der Waals surface area contributed by atoms with Gasteiger partial charge in [0.15, 0.2) is 6.10 Å². The maximum Gasteiger partial charge on any atom is 0.263 e. The van der Waals surface area contributed by atoms with E-state index < -0.39 is 6.10 Å². The van der Waals surface area contributed by atoms with Crippen molar-refractivity contribution in [2.24, 2.45) is 0 Å². The highest BCUT2D eigenvalue weighted by atomic mass is 35.5. The molecule has 2 atom stereocenters. The van der Waals surface area contributed by atoms with Gasteiger partial charge in [0.2, 0.25) is 0 Å². The molecule has 6 heteroatoms. The largest absolute Gasteiger partial charge is 0.481 e. The third kappa shape index (κ3) is 5.54. The monoisotopic (exact) mass is 429 g/mol. The van der Waals surface area contributed by atoms with Crippen LogP contribution in [0.15, 0.2) is 54.6 Å². The zero-order valence-corrected chi connectivity index (χ0v) is 18.4. The average Bonchev–Trinajstić information content (AvgIpc) is 3.26. The molecule has 30 heavy (non-hydrogen) atoms. The van der Waals surface area contributed by atoms with Gasteiger partial charge in [-0.1, -0.05) is 48.5 Å². The molecule has 0 radical (unpaired) electrons. The van der Waals surface area contributed by atoms with Gasteiger partial charge in [-0.25, -0.2) is 0 Å². The molecule has 0 aliphatic carbocycles. The SMILES string of the molecule is CC(Oc1ccccc1Cc1ccccc1)C(=O)N1CCC(N2CCNCC2)C1.Cl. The first-order valence-electron chi connectivity index (χ1n) is 10.7. The molecule has 2 fully saturated rings. The minimum atomic E-state index is -0.478. The predicted molar refractivity (Wildman–Crippen MR) is 122 cm³/mol. The smallest absolute Gasteiger partial charge is 0.263 e. The molecule has 162 valence electrons. The van der Waals surface area contributed by atoms with E-state index in [0.29, 0.717) is 6.04 Å². The molecule has 2 aliphatic heterocycles. The Bertz CT molecular complexity index is 811. The maximum absolute atomic E-state index is 13.0. The number of para-hydroxylation sites is 1. The fourth-order valence-electron chi connectivity index (χ4n) is 4.37. The molecule has 5 nitrogen and oxygen atoms in total. The summed E-state index contributed by atoms with van der Waals surface area (Å²) in [6.45, 7) is 7.76. The second kappa shape index (κ2) is 10.8. The first-order valence-corrected chi connectivity index (χ1v) is 10.7. The van der Waals surface area contributed by atoms with E-state index in [1.807, 2.05) is 48.2 Å². The topological polar surface area (TPSA) is 44.8 Å². The quantitative estimate of drug-likeness (QED) is 0.766. The van der Waals surface area contributed by atoms with Crippen LogP contribution in [0.4, 0.5) is 0 Å². The van der Waals surface area contributed by atoms with Crippen molar-refractivity contribution in [2.45, 2.75) is 31.9 Å². The first-order chi connectivity index (χ1) is 14.2. The third-order valence-corrected chi connectivity index (χ3v) is 6.00. The Morgan fingerprint density at radius 1 is 1.07 bits per heavy atom. The van der Waals surface area contributed by atoms with Crippen molar-refractivity contribution in [3.05, 3.63) is 65.7 Å². The van der Waals surface area contributed by atoms with Crippen LogP contribution < -0.4 is 10.1 Å². The van der Waals surface area contributed by atoms with Gasteiger partial charge in [-0.15, -0.1) is 12.4 Å². The number of rotatable bonds is 6. The summed E-state index contributed by atoms with van der Waals surface area (Å²) in [4.78, 5) is 17.5. The van der Waals surface area contributed by atoms with Crippen molar-refractivity contribution < 1.29 is 9.53 Å². The van der Waals surface area contributed by atoms with Crippen LogP contribution >= 0.6 is 12.4 Å². The lowest BCUT2D eigenvalue weighted by Crippen LogP contribution is -2.50. The van der Waals surface area contributed by atoms with E-state index in [1.165, 1.54) is 5.56 Å². The standard InChI is InChI=1S/C24H31N3O2.ClH/c1-19(24(28)27-14-11-22(18-27)26-15-12-25-13-16-26)29-23-10-6-5-9-21(23)17-20-7-3-2-4-8-20;/h2-10,19,22,25H,11-18H2,1H3;1H. The van der Waals surface area contributed by atoms with Crippen LogP contribution in [0.2, 0.25) is 0 Å². The number of hydrogen-bond acceptors (Lipinski definition) is 4. The van der Waals surface area contributed by atoms with E-state index >= 15 is 0 Å². The Hall–Kier alpha value is -2.08. The molecule has 2 aromatic rings. The average molecular weight is 430 g/mol. The maximum atomic E-state index is 13.0. The summed E-state index contributed by atoms with van der Waals surface area (Å²) in [7, 11) is 0. The van der Waals surface area contributed by atoms with Gasteiger partial charge in [-0.05, 0) is 30.5 Å². The Morgan fingerprint density at radius 3 is 2.53 bits per heavy atom. The number of likely N-dealkylation sites (tertiary alicyclic amines) is 1. The van der Waals surface area contributed by atoms with Gasteiger partial charge in [-0.2, -0.15) is 0 Å². The van der Waals surface area contributed by atoms with E-state index in [2.05, 4.69) is 28.4 Å². The number of ether oxygens (including phenoxy) is 1. The number of nitrogens with zero attached hydrogens (tertiary/aromatic N) is 2. The number of nitrogens with one attached hydrogen (secondary N) is 1. The molecule has 0 spiro atoms. The minimum Gasteiger partial charge on any atom is -0.481 e. The van der Waals surface area contributed by atoms with Gasteiger partial charge in [0.1, 0.15) is 5.75 Å². The van der Waals surface area contributed by atoms with Gasteiger partial charge >= 0.3 is 0 Å². The molecule has 4 rings (SSSR count). The molecule has 2 saturated heterocycles. The van der Waals surface area contributed by atoms with Gasteiger partial charge in [-0.3, -0.25) is 9.69 Å². The summed E-state index contributed by atoms with van der Waals surface area (Å²) in [6.07, 6.45) is 1.38. The summed E-state index contributed by atoms with van der Waals surface area (Å²) in [6, 6.07) is 18.9. The molecule has 0 aromatic heterocycles. The fourth-order valence-corrected chi connectivity index (χ4v) is 4.37. The summed E-state index contributed by atoms with van der Waals surface area (Å²) in [5, 5.41) is 3.40. The van der Waals surface area contributed by atoms with Crippen molar-refractivity contribution in [2.75, 3.05) is 39.3 Å². The number of benzene rings is 2. The van der Waals surface area contributed by atoms with Crippen LogP contribution in [0.1, 0.15) is 24.5 Å². The molecule has 2 unspecified atom stereocenters. The molecule has 2 aliphatic rings. The summed E-state index contributed by atoms with van der Waals surface area (Å²) < 4.78 is 6.16. The molecular formula is C24H32ClN3O2. The van der Waals surface area contributed by atoms with Crippen molar-refractivity contribution in [3.8, 4) is 5.75 Å². The third-order valence-electron chi connectivity index (χ3n) is 6.00. The van der Waals surface area contributed by atoms with Crippen LogP contribution in [0, 0.1) is 0 Å². The molecule has 0 bridgehead atoms.